The third-order valence-electron chi connectivity index (χ3n) is 2.61. The minimum Gasteiger partial charge on any atom is -0.550 e. The summed E-state index contributed by atoms with van der Waals surface area (Å²) < 4.78 is 0. The van der Waals surface area contributed by atoms with Crippen molar-refractivity contribution in [3.8, 4) is 0 Å². The molecule has 0 aromatic carbocycles. The molecule has 0 aromatic rings. The van der Waals surface area contributed by atoms with Crippen LogP contribution in [0.1, 0.15) is 99.3 Å². The molecule has 0 saturated heterocycles. The maximum atomic E-state index is 10.4. The Morgan fingerprint density at radius 3 is 0.818 bits per heavy atom. The maximum Gasteiger partial charge on any atom is 3.00 e. The molecule has 10 nitrogen and oxygen atoms in total. The van der Waals surface area contributed by atoms with Crippen LogP contribution in [0.15, 0.2) is 0 Å². The van der Waals surface area contributed by atoms with Crippen LogP contribution in [-0.2, 0) is 50.5 Å². The van der Waals surface area contributed by atoms with Gasteiger partial charge < -0.3 is 34.8 Å². The SMILES string of the molecule is CC(C)(C)O.CCCC(=O)CC(=O)[O-].CCCC(=O)CC(=O)[O-].CCCC(=O)CC(=O)[O-].[Ti+3]. The molecular formula is C22H37O10Ti. The number of carbonyl (C=O) groups is 6. The van der Waals surface area contributed by atoms with Crippen LogP contribution >= 0.6 is 0 Å². The largest absolute Gasteiger partial charge is 3.00 e. The molecule has 33 heavy (non-hydrogen) atoms. The van der Waals surface area contributed by atoms with E-state index < -0.39 is 42.8 Å². The molecule has 0 heterocycles. The molecule has 0 unspecified atom stereocenters. The molecular weight excluding hydrogens is 472 g/mol. The van der Waals surface area contributed by atoms with Gasteiger partial charge in [0, 0.05) is 56.4 Å². The molecule has 0 spiro atoms. The summed E-state index contributed by atoms with van der Waals surface area (Å²) in [5.74, 6) is -4.61. The Morgan fingerprint density at radius 1 is 0.576 bits per heavy atom. The molecule has 0 atom stereocenters. The molecule has 0 aliphatic heterocycles. The Morgan fingerprint density at radius 2 is 0.727 bits per heavy atom. The molecule has 0 fully saturated rings. The molecule has 0 aliphatic rings. The first-order chi connectivity index (χ1) is 14.5. The van der Waals surface area contributed by atoms with E-state index in [-0.39, 0.29) is 39.1 Å². The Balaban J connectivity index is -0.000000107. The van der Waals surface area contributed by atoms with Gasteiger partial charge in [-0.2, -0.15) is 0 Å². The summed E-state index contributed by atoms with van der Waals surface area (Å²) in [6.07, 6.45) is 1.82. The topological polar surface area (TPSA) is 192 Å². The van der Waals surface area contributed by atoms with E-state index in [0.29, 0.717) is 38.5 Å². The zero-order valence-corrected chi connectivity index (χ0v) is 22.0. The first kappa shape index (κ1) is 41.4. The standard InChI is InChI=1S/3C6H10O3.C4H10O.Ti/c3*1-2-3-5(7)4-6(8)9;1-4(2,3)5;/h3*2-4H2,1H3,(H,8,9);5H,1-3H3;/q;;;;+3/p-3. The van der Waals surface area contributed by atoms with Crippen molar-refractivity contribution in [3.63, 3.8) is 0 Å². The molecule has 0 aliphatic carbocycles. The Bertz CT molecular complexity index is 503. The fourth-order valence-corrected chi connectivity index (χ4v) is 1.58. The van der Waals surface area contributed by atoms with Crippen LogP contribution in [-0.4, -0.2) is 46.0 Å². The minimum atomic E-state index is -1.28. The predicted octanol–water partition coefficient (Wildman–Crippen LogP) is -0.738. The second kappa shape index (κ2) is 26.3. The van der Waals surface area contributed by atoms with Crippen LogP contribution < -0.4 is 15.3 Å². The van der Waals surface area contributed by atoms with Crippen LogP contribution in [0.4, 0.5) is 0 Å². The van der Waals surface area contributed by atoms with E-state index in [9.17, 15) is 44.1 Å². The van der Waals surface area contributed by atoms with Crippen LogP contribution in [0.2, 0.25) is 0 Å². The average Bonchev–Trinajstić information content (AvgIpc) is 2.52. The minimum absolute atomic E-state index is 0. The van der Waals surface area contributed by atoms with Gasteiger partial charge >= 0.3 is 21.7 Å². The number of ketones is 3. The van der Waals surface area contributed by atoms with Crippen molar-refractivity contribution in [3.05, 3.63) is 0 Å². The first-order valence-electron chi connectivity index (χ1n) is 10.4. The van der Waals surface area contributed by atoms with Gasteiger partial charge in [0.1, 0.15) is 17.3 Å². The number of carboxylic acids is 3. The van der Waals surface area contributed by atoms with Crippen LogP contribution in [0.3, 0.4) is 0 Å². The number of aliphatic hydroxyl groups is 1. The van der Waals surface area contributed by atoms with E-state index in [1.54, 1.807) is 20.8 Å². The Kier molecular flexibility index (Phi) is 33.0. The van der Waals surface area contributed by atoms with Gasteiger partial charge in [0.25, 0.3) is 0 Å². The summed E-state index contributed by atoms with van der Waals surface area (Å²) in [4.78, 5) is 60.6. The number of aliphatic carboxylic acids is 3. The second-order valence-corrected chi connectivity index (χ2v) is 7.68. The van der Waals surface area contributed by atoms with E-state index in [4.69, 9.17) is 5.11 Å². The van der Waals surface area contributed by atoms with E-state index in [0.717, 1.165) is 0 Å². The van der Waals surface area contributed by atoms with Gasteiger partial charge in [-0.1, -0.05) is 20.8 Å². The van der Waals surface area contributed by atoms with Gasteiger partial charge in [-0.15, -0.1) is 0 Å². The van der Waals surface area contributed by atoms with Crippen molar-refractivity contribution in [2.45, 2.75) is 105 Å². The fourth-order valence-electron chi connectivity index (χ4n) is 1.58. The molecule has 189 valence electrons. The molecule has 0 bridgehead atoms. The Hall–Kier alpha value is -1.91. The molecule has 11 heteroatoms. The van der Waals surface area contributed by atoms with Gasteiger partial charge in [0.05, 0.1) is 5.60 Å². The smallest absolute Gasteiger partial charge is 0.550 e. The van der Waals surface area contributed by atoms with Crippen LogP contribution in [0.5, 0.6) is 0 Å². The number of hydrogen-bond acceptors (Lipinski definition) is 10. The summed E-state index contributed by atoms with van der Waals surface area (Å²) in [5, 5.41) is 37.8. The molecule has 0 amide bonds. The van der Waals surface area contributed by atoms with Gasteiger partial charge in [-0.25, -0.2) is 0 Å². The predicted molar refractivity (Wildman–Crippen MR) is 111 cm³/mol. The second-order valence-electron chi connectivity index (χ2n) is 7.68. The van der Waals surface area contributed by atoms with Gasteiger partial charge in [-0.05, 0) is 40.0 Å². The van der Waals surface area contributed by atoms with Crippen LogP contribution in [0, 0.1) is 0 Å². The summed E-state index contributed by atoms with van der Waals surface area (Å²) in [6, 6.07) is 0. The normalized spacial score (nSPS) is 9.18. The zero-order chi connectivity index (χ0) is 26.3. The monoisotopic (exact) mass is 509 g/mol. The van der Waals surface area contributed by atoms with Crippen molar-refractivity contribution < 1.29 is 70.9 Å². The summed E-state index contributed by atoms with van der Waals surface area (Å²) >= 11 is 0. The third-order valence-corrected chi connectivity index (χ3v) is 2.61. The van der Waals surface area contributed by atoms with E-state index >= 15 is 0 Å². The number of rotatable bonds is 12. The molecule has 0 rings (SSSR count). The van der Waals surface area contributed by atoms with E-state index in [2.05, 4.69) is 0 Å². The van der Waals surface area contributed by atoms with Gasteiger partial charge in [-0.3, -0.25) is 14.4 Å². The van der Waals surface area contributed by atoms with Crippen molar-refractivity contribution in [2.75, 3.05) is 0 Å². The maximum absolute atomic E-state index is 10.4. The number of Topliss-reactive ketones (excluding diaryl/α,β-unsaturated/α-hetero) is 3. The first-order valence-corrected chi connectivity index (χ1v) is 10.4. The van der Waals surface area contributed by atoms with Crippen LogP contribution in [0.25, 0.3) is 0 Å². The third kappa shape index (κ3) is 65.1. The van der Waals surface area contributed by atoms with Crippen molar-refractivity contribution in [1.82, 2.24) is 0 Å². The van der Waals surface area contributed by atoms with Gasteiger partial charge in [0.2, 0.25) is 0 Å². The zero-order valence-electron chi connectivity index (χ0n) is 20.5. The van der Waals surface area contributed by atoms with Crippen molar-refractivity contribution in [2.24, 2.45) is 0 Å². The summed E-state index contributed by atoms with van der Waals surface area (Å²) in [7, 11) is 0. The number of carboxylic acid groups (broad SMARTS) is 3. The van der Waals surface area contributed by atoms with Crippen molar-refractivity contribution >= 4 is 35.3 Å². The number of hydrogen-bond donors (Lipinski definition) is 1. The molecule has 1 radical (unpaired) electrons. The summed E-state index contributed by atoms with van der Waals surface area (Å²) in [6.45, 7) is 10.7. The quantitative estimate of drug-likeness (QED) is 0.259. The fraction of sp³-hybridized carbons (Fsp3) is 0.727. The average molecular weight is 509 g/mol. The van der Waals surface area contributed by atoms with Gasteiger partial charge in [0.15, 0.2) is 0 Å². The Labute approximate surface area is 211 Å². The summed E-state index contributed by atoms with van der Waals surface area (Å²) in [5.41, 5.74) is -0.500. The van der Waals surface area contributed by atoms with E-state index in [1.165, 1.54) is 0 Å². The molecule has 0 aromatic heterocycles. The van der Waals surface area contributed by atoms with Crippen molar-refractivity contribution in [1.29, 1.82) is 0 Å². The molecule has 1 N–H and O–H groups in total. The molecule has 0 saturated carbocycles. The van der Waals surface area contributed by atoms with E-state index in [1.807, 2.05) is 20.8 Å². The number of carbonyl (C=O) groups excluding carboxylic acids is 6.